The van der Waals surface area contributed by atoms with Crippen molar-refractivity contribution in [1.82, 2.24) is 10.2 Å². The van der Waals surface area contributed by atoms with Gasteiger partial charge in [0, 0.05) is 30.1 Å². The molecule has 0 bridgehead atoms. The van der Waals surface area contributed by atoms with Gasteiger partial charge in [0.2, 0.25) is 0 Å². The molecule has 24 heavy (non-hydrogen) atoms. The third kappa shape index (κ3) is 3.30. The van der Waals surface area contributed by atoms with Crippen molar-refractivity contribution in [2.24, 2.45) is 0 Å². The molecule has 2 amide bonds. The van der Waals surface area contributed by atoms with Crippen LogP contribution >= 0.6 is 0 Å². The van der Waals surface area contributed by atoms with Gasteiger partial charge in [0.05, 0.1) is 16.9 Å². The number of urea groups is 1. The average Bonchev–Trinajstić information content (AvgIpc) is 3.24. The number of nitrogens with zero attached hydrogens (tertiary/aromatic N) is 1. The van der Waals surface area contributed by atoms with Crippen molar-refractivity contribution < 1.29 is 22.9 Å². The van der Waals surface area contributed by atoms with Gasteiger partial charge in [-0.15, -0.1) is 0 Å². The lowest BCUT2D eigenvalue weighted by Crippen LogP contribution is -2.44. The Balaban J connectivity index is 1.71. The summed E-state index contributed by atoms with van der Waals surface area (Å²) in [6.07, 6.45) is 2.80. The zero-order valence-electron chi connectivity index (χ0n) is 13.3. The lowest BCUT2D eigenvalue weighted by atomic mass is 10.0. The fourth-order valence-corrected chi connectivity index (χ4v) is 4.07. The van der Waals surface area contributed by atoms with E-state index in [1.54, 1.807) is 6.26 Å². The monoisotopic (exact) mass is 358 g/mol. The van der Waals surface area contributed by atoms with Crippen LogP contribution in [-0.4, -0.2) is 50.4 Å². The number of hydrogen-bond acceptors (Lipinski definition) is 3. The molecule has 1 aliphatic carbocycles. The second kappa shape index (κ2) is 6.40. The number of likely N-dealkylation sites (tertiary alicyclic amines) is 1. The van der Waals surface area contributed by atoms with Gasteiger partial charge in [-0.25, -0.2) is 13.6 Å². The third-order valence-electron chi connectivity index (χ3n) is 4.85. The summed E-state index contributed by atoms with van der Waals surface area (Å²) in [6, 6.07) is 2.59. The zero-order chi connectivity index (χ0) is 17.5. The minimum atomic E-state index is -1.01. The molecule has 0 aromatic heterocycles. The van der Waals surface area contributed by atoms with Crippen molar-refractivity contribution in [1.29, 1.82) is 0 Å². The number of β-amino-alcohol motifs (C(OH)–C–C–N with tert-alkyl or cyclic N) is 1. The highest BCUT2D eigenvalue weighted by Crippen LogP contribution is 2.40. The molecular weight excluding hydrogens is 338 g/mol. The Bertz CT molecular complexity index is 681. The molecule has 0 radical (unpaired) electrons. The van der Waals surface area contributed by atoms with Crippen LogP contribution in [0.3, 0.4) is 0 Å². The second-order valence-corrected chi connectivity index (χ2v) is 8.30. The summed E-state index contributed by atoms with van der Waals surface area (Å²) in [4.78, 5) is 13.9. The van der Waals surface area contributed by atoms with Gasteiger partial charge in [-0.1, -0.05) is 6.07 Å². The minimum absolute atomic E-state index is 0.123. The zero-order valence-corrected chi connectivity index (χ0v) is 14.1. The van der Waals surface area contributed by atoms with Crippen LogP contribution in [0.4, 0.5) is 13.6 Å². The fraction of sp³-hybridized carbons (Fsp3) is 0.562. The van der Waals surface area contributed by atoms with E-state index in [0.29, 0.717) is 12.1 Å². The fourth-order valence-electron chi connectivity index (χ4n) is 3.12. The van der Waals surface area contributed by atoms with E-state index in [2.05, 4.69) is 5.32 Å². The SMILES string of the molecule is CS(=O)C1(CNC(=O)N2CC(O)CC2c2ccc(F)c(F)c2)CC1. The predicted molar refractivity (Wildman–Crippen MR) is 85.9 cm³/mol. The molecule has 132 valence electrons. The van der Waals surface area contributed by atoms with Crippen molar-refractivity contribution in [2.45, 2.75) is 36.2 Å². The Morgan fingerprint density at radius 2 is 2.12 bits per heavy atom. The maximum atomic E-state index is 13.5. The number of hydrogen-bond donors (Lipinski definition) is 2. The van der Waals surface area contributed by atoms with E-state index in [-0.39, 0.29) is 17.7 Å². The number of amides is 2. The Morgan fingerprint density at radius 3 is 2.71 bits per heavy atom. The van der Waals surface area contributed by atoms with E-state index in [9.17, 15) is 22.9 Å². The largest absolute Gasteiger partial charge is 0.391 e. The predicted octanol–water partition coefficient (Wildman–Crippen LogP) is 1.69. The number of carbonyl (C=O) groups is 1. The van der Waals surface area contributed by atoms with Crippen molar-refractivity contribution in [2.75, 3.05) is 19.3 Å². The molecule has 1 aromatic rings. The van der Waals surface area contributed by atoms with Gasteiger partial charge in [0.25, 0.3) is 0 Å². The van der Waals surface area contributed by atoms with Crippen molar-refractivity contribution >= 4 is 16.8 Å². The lowest BCUT2D eigenvalue weighted by Gasteiger charge is -2.26. The highest BCUT2D eigenvalue weighted by Gasteiger charge is 2.47. The average molecular weight is 358 g/mol. The Hall–Kier alpha value is -1.54. The molecule has 3 rings (SSSR count). The topological polar surface area (TPSA) is 69.6 Å². The number of benzene rings is 1. The van der Waals surface area contributed by atoms with Gasteiger partial charge in [-0.3, -0.25) is 4.21 Å². The van der Waals surface area contributed by atoms with Crippen LogP contribution in [-0.2, 0) is 10.8 Å². The highest BCUT2D eigenvalue weighted by molar-refractivity contribution is 7.86. The van der Waals surface area contributed by atoms with E-state index >= 15 is 0 Å². The quantitative estimate of drug-likeness (QED) is 0.861. The first-order chi connectivity index (χ1) is 11.3. The van der Waals surface area contributed by atoms with Gasteiger partial charge in [-0.2, -0.15) is 0 Å². The molecule has 1 aromatic carbocycles. The summed E-state index contributed by atoms with van der Waals surface area (Å²) in [6.45, 7) is 0.434. The van der Waals surface area contributed by atoms with Crippen molar-refractivity contribution in [3.05, 3.63) is 35.4 Å². The minimum Gasteiger partial charge on any atom is -0.391 e. The molecule has 8 heteroatoms. The molecule has 2 aliphatic rings. The Morgan fingerprint density at radius 1 is 1.42 bits per heavy atom. The molecule has 2 N–H and O–H groups in total. The van der Waals surface area contributed by atoms with Gasteiger partial charge >= 0.3 is 6.03 Å². The maximum absolute atomic E-state index is 13.5. The summed E-state index contributed by atoms with van der Waals surface area (Å²) in [5.41, 5.74) is 0.445. The molecule has 1 heterocycles. The number of halogens is 2. The first-order valence-electron chi connectivity index (χ1n) is 7.83. The van der Waals surface area contributed by atoms with Crippen LogP contribution in [0, 0.1) is 11.6 Å². The summed E-state index contributed by atoms with van der Waals surface area (Å²) < 4.78 is 37.9. The van der Waals surface area contributed by atoms with Gasteiger partial charge < -0.3 is 15.3 Å². The van der Waals surface area contributed by atoms with Crippen molar-refractivity contribution in [3.63, 3.8) is 0 Å². The Labute approximate surface area is 141 Å². The second-order valence-electron chi connectivity index (χ2n) is 6.53. The third-order valence-corrected chi connectivity index (χ3v) is 6.62. The molecule has 3 atom stereocenters. The number of carbonyl (C=O) groups excluding carboxylic acids is 1. The van der Waals surface area contributed by atoms with Crippen LogP contribution in [0.25, 0.3) is 0 Å². The van der Waals surface area contributed by atoms with E-state index < -0.39 is 40.6 Å². The van der Waals surface area contributed by atoms with Gasteiger partial charge in [0.1, 0.15) is 0 Å². The molecular formula is C16H20F2N2O3S. The maximum Gasteiger partial charge on any atom is 0.318 e. The number of aliphatic hydroxyl groups is 1. The van der Waals surface area contributed by atoms with E-state index in [1.807, 2.05) is 0 Å². The first kappa shape index (κ1) is 17.3. The number of nitrogens with one attached hydrogen (secondary N) is 1. The summed E-state index contributed by atoms with van der Waals surface area (Å²) in [5, 5.41) is 12.7. The molecule has 3 unspecified atom stereocenters. The van der Waals surface area contributed by atoms with Crippen LogP contribution in [0.1, 0.15) is 30.9 Å². The molecule has 1 saturated heterocycles. The molecule has 5 nitrogen and oxygen atoms in total. The van der Waals surface area contributed by atoms with Crippen LogP contribution in [0.5, 0.6) is 0 Å². The van der Waals surface area contributed by atoms with E-state index in [0.717, 1.165) is 25.0 Å². The molecule has 1 saturated carbocycles. The van der Waals surface area contributed by atoms with E-state index in [1.165, 1.54) is 11.0 Å². The Kier molecular flexibility index (Phi) is 4.61. The molecule has 2 fully saturated rings. The standard InChI is InChI=1S/C16H20F2N2O3S/c1-24(23)16(4-5-16)9-19-15(22)20-8-11(21)7-14(20)10-2-3-12(17)13(18)6-10/h2-3,6,11,14,21H,4-5,7-9H2,1H3,(H,19,22). The van der Waals surface area contributed by atoms with Gasteiger partial charge in [0.15, 0.2) is 11.6 Å². The number of rotatable bonds is 4. The first-order valence-corrected chi connectivity index (χ1v) is 9.39. The summed E-state index contributed by atoms with van der Waals surface area (Å²) >= 11 is 0. The van der Waals surface area contributed by atoms with Gasteiger partial charge in [-0.05, 0) is 37.0 Å². The van der Waals surface area contributed by atoms with Crippen LogP contribution in [0.15, 0.2) is 18.2 Å². The number of aliphatic hydroxyl groups excluding tert-OH is 1. The summed E-state index contributed by atoms with van der Waals surface area (Å²) in [5.74, 6) is -1.93. The molecule has 1 aliphatic heterocycles. The van der Waals surface area contributed by atoms with Crippen LogP contribution in [0.2, 0.25) is 0 Å². The van der Waals surface area contributed by atoms with E-state index in [4.69, 9.17) is 0 Å². The molecule has 0 spiro atoms. The van der Waals surface area contributed by atoms with Crippen LogP contribution < -0.4 is 5.32 Å². The summed E-state index contributed by atoms with van der Waals surface area (Å²) in [7, 11) is -1.01. The van der Waals surface area contributed by atoms with Crippen molar-refractivity contribution in [3.8, 4) is 0 Å². The normalized spacial score (nSPS) is 26.2. The lowest BCUT2D eigenvalue weighted by molar-refractivity contribution is 0.169. The smallest absolute Gasteiger partial charge is 0.318 e. The highest BCUT2D eigenvalue weighted by atomic mass is 32.2.